The largest absolute Gasteiger partial charge is 0.481 e. The molecule has 0 aromatic carbocycles. The molecule has 1 aliphatic rings. The number of aliphatic hydroxyl groups is 1. The Kier molecular flexibility index (Phi) is 3.95. The lowest BCUT2D eigenvalue weighted by Crippen LogP contribution is -2.21. The first kappa shape index (κ1) is 14.4. The molecule has 8 nitrogen and oxygen atoms in total. The quantitative estimate of drug-likeness (QED) is 0.526. The van der Waals surface area contributed by atoms with Crippen molar-refractivity contribution in [3.05, 3.63) is 34.8 Å². The zero-order valence-electron chi connectivity index (χ0n) is 12.1. The van der Waals surface area contributed by atoms with Gasteiger partial charge in [0.05, 0.1) is 24.4 Å². The molecule has 0 unspecified atom stereocenters. The van der Waals surface area contributed by atoms with Gasteiger partial charge in [-0.15, -0.1) is 0 Å². The first-order chi connectivity index (χ1) is 10.7. The zero-order chi connectivity index (χ0) is 15.5. The van der Waals surface area contributed by atoms with Gasteiger partial charge in [0, 0.05) is 42.7 Å². The van der Waals surface area contributed by atoms with Crippen LogP contribution in [0.5, 0.6) is 5.88 Å². The molecule has 1 N–H and O–H groups in total. The van der Waals surface area contributed by atoms with Crippen molar-refractivity contribution < 1.29 is 9.84 Å². The molecule has 0 bridgehead atoms. The number of ether oxygens (including phenoxy) is 1. The summed E-state index contributed by atoms with van der Waals surface area (Å²) < 4.78 is 5.17. The highest BCUT2D eigenvalue weighted by atomic mass is 16.5. The predicted octanol–water partition coefficient (Wildman–Crippen LogP) is 1.75. The van der Waals surface area contributed by atoms with Gasteiger partial charge < -0.3 is 14.7 Å². The first-order valence-corrected chi connectivity index (χ1v) is 6.96. The molecule has 114 valence electrons. The molecule has 2 atom stereocenters. The van der Waals surface area contributed by atoms with Crippen LogP contribution < -0.4 is 9.64 Å². The van der Waals surface area contributed by atoms with Crippen molar-refractivity contribution in [2.45, 2.75) is 6.10 Å². The minimum atomic E-state index is -0.528. The number of aromatic nitrogens is 2. The van der Waals surface area contributed by atoms with Crippen LogP contribution in [-0.4, -0.2) is 47.9 Å². The minimum Gasteiger partial charge on any atom is -0.481 e. The van der Waals surface area contributed by atoms with Crippen molar-refractivity contribution in [2.24, 2.45) is 11.0 Å². The van der Waals surface area contributed by atoms with Crippen LogP contribution in [-0.2, 0) is 0 Å². The maximum Gasteiger partial charge on any atom is 0.213 e. The number of β-amino-alcohol motifs (C(OH)–C–C–N with tert-alkyl or cyclic N) is 1. The molecule has 0 radical (unpaired) electrons. The minimum absolute atomic E-state index is 0.0790. The Hall–Kier alpha value is -2.57. The molecule has 2 aromatic heterocycles. The van der Waals surface area contributed by atoms with Gasteiger partial charge in [0.1, 0.15) is 5.52 Å². The zero-order valence-corrected chi connectivity index (χ0v) is 12.1. The number of nitrogens with zero attached hydrogens (tertiary/aromatic N) is 6. The van der Waals surface area contributed by atoms with E-state index >= 15 is 0 Å². The van der Waals surface area contributed by atoms with Gasteiger partial charge in [0.2, 0.25) is 5.88 Å². The third kappa shape index (κ3) is 2.61. The molecule has 0 aliphatic carbocycles. The van der Waals surface area contributed by atoms with Crippen LogP contribution in [0.2, 0.25) is 0 Å². The number of anilines is 1. The molecule has 3 heterocycles. The molecule has 0 spiro atoms. The fraction of sp³-hybridized carbons (Fsp3) is 0.429. The Morgan fingerprint density at radius 1 is 1.45 bits per heavy atom. The summed E-state index contributed by atoms with van der Waals surface area (Å²) in [5, 5.41) is 13.7. The van der Waals surface area contributed by atoms with E-state index in [1.807, 2.05) is 17.0 Å². The first-order valence-electron chi connectivity index (χ1n) is 6.96. The molecule has 1 fully saturated rings. The normalized spacial score (nSPS) is 20.9. The molecule has 22 heavy (non-hydrogen) atoms. The van der Waals surface area contributed by atoms with Crippen LogP contribution >= 0.6 is 0 Å². The van der Waals surface area contributed by atoms with Crippen molar-refractivity contribution in [3.63, 3.8) is 0 Å². The van der Waals surface area contributed by atoms with Gasteiger partial charge in [0.25, 0.3) is 0 Å². The van der Waals surface area contributed by atoms with Gasteiger partial charge in [-0.3, -0.25) is 4.98 Å². The topological polar surface area (TPSA) is 107 Å². The molecule has 2 aromatic rings. The molecule has 1 saturated heterocycles. The third-order valence-electron chi connectivity index (χ3n) is 3.87. The summed E-state index contributed by atoms with van der Waals surface area (Å²) in [6.45, 7) is 1.37. The van der Waals surface area contributed by atoms with E-state index in [1.54, 1.807) is 19.4 Å². The summed E-state index contributed by atoms with van der Waals surface area (Å²) in [6.07, 6.45) is 1.19. The lowest BCUT2D eigenvalue weighted by molar-refractivity contribution is 0.152. The Labute approximate surface area is 127 Å². The number of aliphatic hydroxyl groups excluding tert-OH is 1. The van der Waals surface area contributed by atoms with Crippen LogP contribution in [0, 0.1) is 5.92 Å². The van der Waals surface area contributed by atoms with E-state index in [0.29, 0.717) is 19.0 Å². The lowest BCUT2D eigenvalue weighted by atomic mass is 10.1. The number of hydrogen-bond donors (Lipinski definition) is 1. The van der Waals surface area contributed by atoms with Crippen molar-refractivity contribution in [1.82, 2.24) is 9.97 Å². The molecular weight excluding hydrogens is 284 g/mol. The summed E-state index contributed by atoms with van der Waals surface area (Å²) >= 11 is 0. The van der Waals surface area contributed by atoms with E-state index in [4.69, 9.17) is 10.3 Å². The summed E-state index contributed by atoms with van der Waals surface area (Å²) in [6, 6.07) is 5.49. The van der Waals surface area contributed by atoms with E-state index in [1.165, 1.54) is 0 Å². The number of fused-ring (bicyclic) bond motifs is 1. The van der Waals surface area contributed by atoms with E-state index in [0.717, 1.165) is 16.7 Å². The predicted molar refractivity (Wildman–Crippen MR) is 81.8 cm³/mol. The fourth-order valence-corrected chi connectivity index (χ4v) is 2.73. The van der Waals surface area contributed by atoms with Crippen molar-refractivity contribution in [2.75, 3.05) is 31.6 Å². The lowest BCUT2D eigenvalue weighted by Gasteiger charge is -2.19. The third-order valence-corrected chi connectivity index (χ3v) is 3.87. The van der Waals surface area contributed by atoms with Crippen LogP contribution in [0.3, 0.4) is 0 Å². The van der Waals surface area contributed by atoms with Crippen LogP contribution in [0.25, 0.3) is 21.5 Å². The maximum absolute atomic E-state index is 10.1. The van der Waals surface area contributed by atoms with E-state index in [2.05, 4.69) is 20.0 Å². The van der Waals surface area contributed by atoms with E-state index in [9.17, 15) is 5.11 Å². The summed E-state index contributed by atoms with van der Waals surface area (Å²) in [7, 11) is 1.57. The Bertz CT molecular complexity index is 730. The number of hydrogen-bond acceptors (Lipinski definition) is 6. The number of azide groups is 1. The highest BCUT2D eigenvalue weighted by molar-refractivity contribution is 5.88. The highest BCUT2D eigenvalue weighted by Crippen LogP contribution is 2.30. The van der Waals surface area contributed by atoms with Gasteiger partial charge in [-0.25, -0.2) is 4.98 Å². The number of methoxy groups -OCH3 is 1. The standard InChI is InChI=1S/C14H16N6O2/c1-22-13-3-2-10-14(18-13)11(4-5-16-10)20-7-9(6-17-19-15)12(21)8-20/h2-5,9,12,21H,6-8H2,1H3/t9-,12-/m1/s1. The van der Waals surface area contributed by atoms with Gasteiger partial charge >= 0.3 is 0 Å². The average Bonchev–Trinajstić information content (AvgIpc) is 2.92. The summed E-state index contributed by atoms with van der Waals surface area (Å²) in [4.78, 5) is 13.6. The molecule has 1 aliphatic heterocycles. The van der Waals surface area contributed by atoms with Crippen LogP contribution in [0.1, 0.15) is 0 Å². The number of pyridine rings is 2. The van der Waals surface area contributed by atoms with E-state index in [-0.39, 0.29) is 12.5 Å². The molecule has 8 heteroatoms. The Balaban J connectivity index is 1.95. The molecule has 0 amide bonds. The Morgan fingerprint density at radius 2 is 2.32 bits per heavy atom. The molecular formula is C14H16N6O2. The monoisotopic (exact) mass is 300 g/mol. The SMILES string of the molecule is COc1ccc2nccc(N3C[C@@H](CN=[N+]=[N-])[C@H](O)C3)c2n1. The summed E-state index contributed by atoms with van der Waals surface area (Å²) in [5.74, 6) is 0.442. The second-order valence-corrected chi connectivity index (χ2v) is 5.20. The van der Waals surface area contributed by atoms with Crippen molar-refractivity contribution in [1.29, 1.82) is 0 Å². The second kappa shape index (κ2) is 6.05. The Morgan fingerprint density at radius 3 is 3.09 bits per heavy atom. The molecule has 3 rings (SSSR count). The van der Waals surface area contributed by atoms with Crippen LogP contribution in [0.15, 0.2) is 29.5 Å². The fourth-order valence-electron chi connectivity index (χ4n) is 2.73. The second-order valence-electron chi connectivity index (χ2n) is 5.20. The van der Waals surface area contributed by atoms with Gasteiger partial charge in [0.15, 0.2) is 0 Å². The highest BCUT2D eigenvalue weighted by Gasteiger charge is 2.31. The average molecular weight is 300 g/mol. The van der Waals surface area contributed by atoms with Crippen LogP contribution in [0.4, 0.5) is 5.69 Å². The van der Waals surface area contributed by atoms with Gasteiger partial charge in [-0.05, 0) is 17.7 Å². The smallest absolute Gasteiger partial charge is 0.213 e. The maximum atomic E-state index is 10.1. The number of rotatable bonds is 4. The van der Waals surface area contributed by atoms with E-state index < -0.39 is 6.10 Å². The summed E-state index contributed by atoms with van der Waals surface area (Å²) in [5.41, 5.74) is 10.8. The van der Waals surface area contributed by atoms with Crippen molar-refractivity contribution in [3.8, 4) is 5.88 Å². The molecule has 0 saturated carbocycles. The van der Waals surface area contributed by atoms with Crippen molar-refractivity contribution >= 4 is 16.7 Å². The van der Waals surface area contributed by atoms with Gasteiger partial charge in [-0.1, -0.05) is 5.11 Å². The van der Waals surface area contributed by atoms with Gasteiger partial charge in [-0.2, -0.15) is 0 Å².